The van der Waals surface area contributed by atoms with Crippen LogP contribution >= 0.6 is 11.3 Å². The van der Waals surface area contributed by atoms with Crippen molar-refractivity contribution in [3.63, 3.8) is 0 Å². The van der Waals surface area contributed by atoms with Crippen molar-refractivity contribution in [2.75, 3.05) is 28.8 Å². The van der Waals surface area contributed by atoms with Crippen molar-refractivity contribution < 1.29 is 15.3 Å². The van der Waals surface area contributed by atoms with E-state index < -0.39 is 24.2 Å². The normalized spacial score (nSPS) is 23.2. The van der Waals surface area contributed by atoms with Gasteiger partial charge in [0.25, 0.3) is 0 Å². The largest absolute Gasteiger partial charge is 0.396 e. The number of anilines is 3. The molecule has 1 fully saturated rings. The molecular formula is C29H33N7O3S. The van der Waals surface area contributed by atoms with Gasteiger partial charge in [-0.3, -0.25) is 5.01 Å². The second-order valence-corrected chi connectivity index (χ2v) is 11.5. The molecule has 0 saturated heterocycles. The van der Waals surface area contributed by atoms with E-state index in [2.05, 4.69) is 46.9 Å². The standard InChI is InChI=1S/C29H33N7O3S/c1-16(18-8-10-20(11-9-18)36-13-5-12-30-36)31-29-32-17(2)24(28-34-21-6-3-4-7-23(21)40-28)27(35-29)33-22-14-19(15-37)25(38)26(22)39/h3-4,6-12,16,19,22,25-26,37-39H,5,13-15H2,1-2H3,(H2,31,32,33,35)/t16-,19-,22-,25-,26+/m1/s1. The van der Waals surface area contributed by atoms with Gasteiger partial charge in [-0.05, 0) is 50.1 Å². The molecule has 5 N–H and O–H groups in total. The summed E-state index contributed by atoms with van der Waals surface area (Å²) >= 11 is 1.55. The molecule has 2 aromatic heterocycles. The molecule has 0 radical (unpaired) electrons. The Balaban J connectivity index is 1.31. The molecule has 5 atom stereocenters. The Bertz CT molecular complexity index is 1490. The fourth-order valence-electron chi connectivity index (χ4n) is 5.40. The van der Waals surface area contributed by atoms with Gasteiger partial charge in [0.15, 0.2) is 0 Å². The predicted molar refractivity (Wildman–Crippen MR) is 159 cm³/mol. The number of fused-ring (bicyclic) bond motifs is 1. The van der Waals surface area contributed by atoms with E-state index in [0.29, 0.717) is 18.2 Å². The highest BCUT2D eigenvalue weighted by molar-refractivity contribution is 7.21. The summed E-state index contributed by atoms with van der Waals surface area (Å²) in [6.07, 6.45) is 1.24. The molecule has 0 bridgehead atoms. The molecule has 0 amide bonds. The molecule has 1 aliphatic heterocycles. The van der Waals surface area contributed by atoms with E-state index in [4.69, 9.17) is 15.0 Å². The van der Waals surface area contributed by atoms with Crippen molar-refractivity contribution in [1.29, 1.82) is 0 Å². The maximum absolute atomic E-state index is 10.7. The van der Waals surface area contributed by atoms with E-state index in [9.17, 15) is 15.3 Å². The summed E-state index contributed by atoms with van der Waals surface area (Å²) in [5.41, 5.74) is 4.52. The monoisotopic (exact) mass is 559 g/mol. The lowest BCUT2D eigenvalue weighted by Crippen LogP contribution is -2.35. The first-order valence-electron chi connectivity index (χ1n) is 13.6. The number of aliphatic hydroxyl groups excluding tert-OH is 3. The molecule has 4 aromatic rings. The van der Waals surface area contributed by atoms with Crippen LogP contribution in [0.15, 0.2) is 53.6 Å². The van der Waals surface area contributed by atoms with Crippen LogP contribution in [0.4, 0.5) is 17.5 Å². The molecule has 0 spiro atoms. The quantitative estimate of drug-likeness (QED) is 0.217. The van der Waals surface area contributed by atoms with Gasteiger partial charge in [0.05, 0.1) is 45.3 Å². The van der Waals surface area contributed by atoms with E-state index in [1.54, 1.807) is 11.3 Å². The summed E-state index contributed by atoms with van der Waals surface area (Å²) in [6.45, 7) is 4.67. The highest BCUT2D eigenvalue weighted by atomic mass is 32.1. The van der Waals surface area contributed by atoms with Crippen LogP contribution in [0.1, 0.15) is 37.1 Å². The maximum Gasteiger partial charge on any atom is 0.225 e. The van der Waals surface area contributed by atoms with E-state index in [0.717, 1.165) is 50.7 Å². The van der Waals surface area contributed by atoms with E-state index in [-0.39, 0.29) is 12.6 Å². The van der Waals surface area contributed by atoms with Crippen LogP contribution in [0.5, 0.6) is 0 Å². The topological polar surface area (TPSA) is 139 Å². The molecule has 0 unspecified atom stereocenters. The summed E-state index contributed by atoms with van der Waals surface area (Å²) in [5.74, 6) is 0.559. The summed E-state index contributed by atoms with van der Waals surface area (Å²) in [6, 6.07) is 15.7. The zero-order chi connectivity index (χ0) is 27.8. The average Bonchev–Trinajstić information content (AvgIpc) is 3.70. The fraction of sp³-hybridized carbons (Fsp3) is 0.379. The number of nitrogens with one attached hydrogen (secondary N) is 2. The number of nitrogens with zero attached hydrogens (tertiary/aromatic N) is 5. The number of aromatic nitrogens is 3. The molecule has 11 heteroatoms. The number of rotatable bonds is 8. The highest BCUT2D eigenvalue weighted by Gasteiger charge is 2.41. The maximum atomic E-state index is 10.7. The fourth-order valence-corrected chi connectivity index (χ4v) is 6.47. The molecule has 2 aliphatic rings. The van der Waals surface area contributed by atoms with Crippen molar-refractivity contribution in [3.8, 4) is 10.6 Å². The molecule has 40 heavy (non-hydrogen) atoms. The van der Waals surface area contributed by atoms with Gasteiger partial charge in [-0.25, -0.2) is 9.97 Å². The summed E-state index contributed by atoms with van der Waals surface area (Å²) < 4.78 is 1.05. The Morgan fingerprint density at radius 2 is 1.85 bits per heavy atom. The third-order valence-electron chi connectivity index (χ3n) is 7.68. The number of hydrazone groups is 1. The number of hydrogen-bond donors (Lipinski definition) is 5. The minimum absolute atomic E-state index is 0.0747. The van der Waals surface area contributed by atoms with Gasteiger partial charge >= 0.3 is 0 Å². The zero-order valence-corrected chi connectivity index (χ0v) is 23.2. The third-order valence-corrected chi connectivity index (χ3v) is 8.74. The minimum Gasteiger partial charge on any atom is -0.396 e. The van der Waals surface area contributed by atoms with Gasteiger partial charge in [-0.2, -0.15) is 10.1 Å². The molecule has 10 nitrogen and oxygen atoms in total. The van der Waals surface area contributed by atoms with Gasteiger partial charge in [0.2, 0.25) is 5.95 Å². The number of aliphatic hydroxyl groups is 3. The Labute approximate surface area is 236 Å². The zero-order valence-electron chi connectivity index (χ0n) is 22.4. The summed E-state index contributed by atoms with van der Waals surface area (Å²) in [5, 5.41) is 44.8. The number of thiazole rings is 1. The Kier molecular flexibility index (Phi) is 7.37. The van der Waals surface area contributed by atoms with E-state index >= 15 is 0 Å². The lowest BCUT2D eigenvalue weighted by atomic mass is 10.1. The minimum atomic E-state index is -1.04. The van der Waals surface area contributed by atoms with E-state index in [1.165, 1.54) is 0 Å². The van der Waals surface area contributed by atoms with Gasteiger partial charge in [-0.15, -0.1) is 11.3 Å². The Morgan fingerprint density at radius 3 is 2.55 bits per heavy atom. The summed E-state index contributed by atoms with van der Waals surface area (Å²) in [7, 11) is 0. The molecule has 208 valence electrons. The number of aryl methyl sites for hydroxylation is 1. The molecule has 1 aliphatic carbocycles. The molecular weight excluding hydrogens is 526 g/mol. The lowest BCUT2D eigenvalue weighted by molar-refractivity contribution is 0.00446. The Hall–Kier alpha value is -3.64. The molecule has 1 saturated carbocycles. The first-order valence-corrected chi connectivity index (χ1v) is 14.4. The van der Waals surface area contributed by atoms with Crippen LogP contribution in [0.3, 0.4) is 0 Å². The molecule has 3 heterocycles. The van der Waals surface area contributed by atoms with Crippen LogP contribution in [-0.2, 0) is 0 Å². The second-order valence-electron chi connectivity index (χ2n) is 10.4. The number of para-hydroxylation sites is 1. The molecule has 6 rings (SSSR count). The van der Waals surface area contributed by atoms with E-state index in [1.807, 2.05) is 42.4 Å². The van der Waals surface area contributed by atoms with Gasteiger partial charge < -0.3 is 26.0 Å². The van der Waals surface area contributed by atoms with Crippen LogP contribution < -0.4 is 15.6 Å². The SMILES string of the molecule is Cc1nc(N[C@H](C)c2ccc(N3CCC=N3)cc2)nc(N[C@@H]2C[C@H](CO)[C@@H](O)[C@H]2O)c1-c1nc2ccccc2s1. The van der Waals surface area contributed by atoms with Gasteiger partial charge in [0.1, 0.15) is 16.9 Å². The molecule has 2 aromatic carbocycles. The smallest absolute Gasteiger partial charge is 0.225 e. The van der Waals surface area contributed by atoms with Gasteiger partial charge in [0, 0.05) is 31.7 Å². The summed E-state index contributed by atoms with van der Waals surface area (Å²) in [4.78, 5) is 14.5. The third kappa shape index (κ3) is 5.13. The number of hydrogen-bond acceptors (Lipinski definition) is 11. The van der Waals surface area contributed by atoms with Crippen LogP contribution in [-0.4, -0.2) is 67.9 Å². The second kappa shape index (κ2) is 11.1. The van der Waals surface area contributed by atoms with Crippen molar-refractivity contribution in [2.45, 2.75) is 51.0 Å². The van der Waals surface area contributed by atoms with Crippen LogP contribution in [0, 0.1) is 12.8 Å². The van der Waals surface area contributed by atoms with Crippen molar-refractivity contribution in [2.24, 2.45) is 11.0 Å². The first-order chi connectivity index (χ1) is 19.4. The highest BCUT2D eigenvalue weighted by Crippen LogP contribution is 2.38. The van der Waals surface area contributed by atoms with Crippen LogP contribution in [0.25, 0.3) is 20.8 Å². The van der Waals surface area contributed by atoms with Crippen molar-refractivity contribution >= 4 is 45.2 Å². The number of benzene rings is 2. The lowest BCUT2D eigenvalue weighted by Gasteiger charge is -2.22. The van der Waals surface area contributed by atoms with Crippen LogP contribution in [0.2, 0.25) is 0 Å². The Morgan fingerprint density at radius 1 is 1.05 bits per heavy atom. The average molecular weight is 560 g/mol. The predicted octanol–water partition coefficient (Wildman–Crippen LogP) is 3.95. The first kappa shape index (κ1) is 26.6. The van der Waals surface area contributed by atoms with Gasteiger partial charge in [-0.1, -0.05) is 24.3 Å². The van der Waals surface area contributed by atoms with Crippen molar-refractivity contribution in [3.05, 3.63) is 59.8 Å². The van der Waals surface area contributed by atoms with Crippen molar-refractivity contribution in [1.82, 2.24) is 15.0 Å².